The first kappa shape index (κ1) is 12.9. The van der Waals surface area contributed by atoms with Crippen molar-refractivity contribution in [1.82, 2.24) is 0 Å². The molecule has 0 aromatic rings. The Morgan fingerprint density at radius 2 is 2.00 bits per heavy atom. The number of hydrogen-bond donors (Lipinski definition) is 2. The largest absolute Gasteiger partial charge is 0.330 e. The lowest BCUT2D eigenvalue weighted by molar-refractivity contribution is 0.433. The summed E-state index contributed by atoms with van der Waals surface area (Å²) >= 11 is 0. The summed E-state index contributed by atoms with van der Waals surface area (Å²) in [6, 6.07) is 0. The van der Waals surface area contributed by atoms with Gasteiger partial charge in [-0.2, -0.15) is 0 Å². The number of nitrogens with two attached hydrogens (primary N) is 2. The molecule has 0 saturated heterocycles. The molecule has 1 saturated carbocycles. The number of sulfone groups is 1. The average Bonchev–Trinajstić information content (AvgIpc) is 2.56. The van der Waals surface area contributed by atoms with Crippen LogP contribution in [0.15, 0.2) is 0 Å². The van der Waals surface area contributed by atoms with Gasteiger partial charge >= 0.3 is 0 Å². The highest BCUT2D eigenvalue weighted by molar-refractivity contribution is 7.92. The lowest BCUT2D eigenvalue weighted by atomic mass is 9.97. The molecule has 0 radical (unpaired) electrons. The topological polar surface area (TPSA) is 86.2 Å². The monoisotopic (exact) mass is 234 g/mol. The summed E-state index contributed by atoms with van der Waals surface area (Å²) in [5.41, 5.74) is 11.3. The SMILES string of the molecule is CCS(=O)(=O)[C@]1(CN)C[C@H](CN)C[C@@H]1C. The van der Waals surface area contributed by atoms with Crippen LogP contribution in [0, 0.1) is 11.8 Å². The average molecular weight is 234 g/mol. The summed E-state index contributed by atoms with van der Waals surface area (Å²) in [5, 5.41) is 0. The molecule has 1 aliphatic rings. The molecule has 15 heavy (non-hydrogen) atoms. The number of hydrogen-bond acceptors (Lipinski definition) is 4. The van der Waals surface area contributed by atoms with Gasteiger partial charge < -0.3 is 11.5 Å². The van der Waals surface area contributed by atoms with E-state index in [0.717, 1.165) is 6.42 Å². The van der Waals surface area contributed by atoms with E-state index < -0.39 is 14.6 Å². The van der Waals surface area contributed by atoms with Gasteiger partial charge in [0.25, 0.3) is 0 Å². The molecule has 1 rings (SSSR count). The molecule has 4 N–H and O–H groups in total. The third kappa shape index (κ3) is 1.92. The minimum Gasteiger partial charge on any atom is -0.330 e. The van der Waals surface area contributed by atoms with E-state index in [-0.39, 0.29) is 18.2 Å². The second-order valence-electron chi connectivity index (χ2n) is 4.61. The Kier molecular flexibility index (Phi) is 3.79. The van der Waals surface area contributed by atoms with Gasteiger partial charge in [-0.15, -0.1) is 0 Å². The highest BCUT2D eigenvalue weighted by Crippen LogP contribution is 2.44. The zero-order chi connectivity index (χ0) is 11.7. The van der Waals surface area contributed by atoms with Crippen LogP contribution in [0.3, 0.4) is 0 Å². The summed E-state index contributed by atoms with van der Waals surface area (Å²) in [5.74, 6) is 0.608. The quantitative estimate of drug-likeness (QED) is 0.723. The van der Waals surface area contributed by atoms with Crippen molar-refractivity contribution in [2.24, 2.45) is 23.3 Å². The molecular formula is C10H22N2O2S. The van der Waals surface area contributed by atoms with Gasteiger partial charge in [0.2, 0.25) is 0 Å². The van der Waals surface area contributed by atoms with Crippen molar-refractivity contribution >= 4 is 9.84 Å². The number of rotatable bonds is 4. The Bertz CT molecular complexity index is 315. The van der Waals surface area contributed by atoms with Crippen LogP contribution in [-0.2, 0) is 9.84 Å². The van der Waals surface area contributed by atoms with E-state index in [1.54, 1.807) is 6.92 Å². The molecule has 0 aromatic heterocycles. The fourth-order valence-electron chi connectivity index (χ4n) is 2.80. The molecule has 0 amide bonds. The van der Waals surface area contributed by atoms with E-state index in [9.17, 15) is 8.42 Å². The third-order valence-corrected chi connectivity index (χ3v) is 6.63. The Labute approximate surface area is 92.3 Å². The van der Waals surface area contributed by atoms with E-state index in [0.29, 0.717) is 18.9 Å². The van der Waals surface area contributed by atoms with Crippen LogP contribution < -0.4 is 11.5 Å². The Balaban J connectivity index is 3.06. The van der Waals surface area contributed by atoms with Crippen LogP contribution in [0.2, 0.25) is 0 Å². The second kappa shape index (κ2) is 4.39. The summed E-state index contributed by atoms with van der Waals surface area (Å²) in [6.45, 7) is 4.46. The van der Waals surface area contributed by atoms with Crippen molar-refractivity contribution in [3.8, 4) is 0 Å². The van der Waals surface area contributed by atoms with E-state index in [4.69, 9.17) is 11.5 Å². The first-order chi connectivity index (χ1) is 6.93. The van der Waals surface area contributed by atoms with Crippen molar-refractivity contribution in [2.75, 3.05) is 18.8 Å². The van der Waals surface area contributed by atoms with Gasteiger partial charge in [0, 0.05) is 12.3 Å². The fraction of sp³-hybridized carbons (Fsp3) is 1.00. The summed E-state index contributed by atoms with van der Waals surface area (Å²) < 4.78 is 23.5. The Hall–Kier alpha value is -0.130. The molecule has 1 aliphatic carbocycles. The van der Waals surface area contributed by atoms with E-state index >= 15 is 0 Å². The van der Waals surface area contributed by atoms with E-state index in [1.807, 2.05) is 6.92 Å². The van der Waals surface area contributed by atoms with Gasteiger partial charge in [-0.25, -0.2) is 8.42 Å². The maximum Gasteiger partial charge on any atom is 0.157 e. The van der Waals surface area contributed by atoms with Gasteiger partial charge in [0.15, 0.2) is 9.84 Å². The molecule has 90 valence electrons. The van der Waals surface area contributed by atoms with Crippen LogP contribution in [0.5, 0.6) is 0 Å². The molecule has 0 unspecified atom stereocenters. The normalized spacial score (nSPS) is 37.1. The molecule has 1 fully saturated rings. The standard InChI is InChI=1S/C10H22N2O2S/c1-3-15(13,14)10(7-12)5-9(6-11)4-8(10)2/h8-9H,3-7,11-12H2,1-2H3/t8-,9+,10-/m0/s1. The van der Waals surface area contributed by atoms with Crippen LogP contribution in [0.1, 0.15) is 26.7 Å². The molecular weight excluding hydrogens is 212 g/mol. The van der Waals surface area contributed by atoms with Crippen molar-refractivity contribution in [2.45, 2.75) is 31.4 Å². The van der Waals surface area contributed by atoms with Crippen molar-refractivity contribution in [3.63, 3.8) is 0 Å². The molecule has 5 heteroatoms. The first-order valence-corrected chi connectivity index (χ1v) is 7.21. The van der Waals surface area contributed by atoms with E-state index in [1.165, 1.54) is 0 Å². The van der Waals surface area contributed by atoms with Crippen LogP contribution in [-0.4, -0.2) is 32.0 Å². The Morgan fingerprint density at radius 1 is 1.40 bits per heavy atom. The van der Waals surface area contributed by atoms with Crippen molar-refractivity contribution in [3.05, 3.63) is 0 Å². The molecule has 0 heterocycles. The highest BCUT2D eigenvalue weighted by atomic mass is 32.2. The second-order valence-corrected chi connectivity index (χ2v) is 7.23. The van der Waals surface area contributed by atoms with Gasteiger partial charge in [0.1, 0.15) is 0 Å². The van der Waals surface area contributed by atoms with Gasteiger partial charge in [-0.1, -0.05) is 13.8 Å². The maximum atomic E-state index is 12.1. The van der Waals surface area contributed by atoms with Gasteiger partial charge in [-0.3, -0.25) is 0 Å². The summed E-state index contributed by atoms with van der Waals surface area (Å²) in [7, 11) is -3.08. The summed E-state index contributed by atoms with van der Waals surface area (Å²) in [6.07, 6.45) is 1.52. The lowest BCUT2D eigenvalue weighted by Gasteiger charge is -2.31. The molecule has 0 bridgehead atoms. The van der Waals surface area contributed by atoms with Crippen molar-refractivity contribution < 1.29 is 8.42 Å². The van der Waals surface area contributed by atoms with Crippen LogP contribution in [0.4, 0.5) is 0 Å². The van der Waals surface area contributed by atoms with Crippen molar-refractivity contribution in [1.29, 1.82) is 0 Å². The Morgan fingerprint density at radius 3 is 2.33 bits per heavy atom. The molecule has 3 atom stereocenters. The summed E-state index contributed by atoms with van der Waals surface area (Å²) in [4.78, 5) is 0. The predicted octanol–water partition coefficient (Wildman–Crippen LogP) is 0.123. The highest BCUT2D eigenvalue weighted by Gasteiger charge is 2.51. The molecule has 4 nitrogen and oxygen atoms in total. The van der Waals surface area contributed by atoms with Gasteiger partial charge in [-0.05, 0) is 31.2 Å². The zero-order valence-corrected chi connectivity index (χ0v) is 10.4. The molecule has 0 aliphatic heterocycles. The van der Waals surface area contributed by atoms with Crippen LogP contribution in [0.25, 0.3) is 0 Å². The maximum absolute atomic E-state index is 12.1. The molecule has 0 aromatic carbocycles. The minimum absolute atomic E-state index is 0.126. The van der Waals surface area contributed by atoms with Crippen LogP contribution >= 0.6 is 0 Å². The predicted molar refractivity (Wildman–Crippen MR) is 62.2 cm³/mol. The third-order valence-electron chi connectivity index (χ3n) is 3.90. The molecule has 0 spiro atoms. The first-order valence-electron chi connectivity index (χ1n) is 5.56. The zero-order valence-electron chi connectivity index (χ0n) is 9.57. The lowest BCUT2D eigenvalue weighted by Crippen LogP contribution is -2.48. The minimum atomic E-state index is -3.08. The van der Waals surface area contributed by atoms with Gasteiger partial charge in [0.05, 0.1) is 4.75 Å². The van der Waals surface area contributed by atoms with E-state index in [2.05, 4.69) is 0 Å². The smallest absolute Gasteiger partial charge is 0.157 e. The fourth-order valence-corrected chi connectivity index (χ4v) is 4.83.